The van der Waals surface area contributed by atoms with Crippen LogP contribution in [0.4, 0.5) is 0 Å². The van der Waals surface area contributed by atoms with Gasteiger partial charge in [0.05, 0.1) is 24.1 Å². The van der Waals surface area contributed by atoms with E-state index in [1.165, 1.54) is 0 Å². The van der Waals surface area contributed by atoms with E-state index < -0.39 is 0 Å². The molecular formula is C25H30N4O3. The first kappa shape index (κ1) is 22.0. The molecule has 4 rings (SSSR count). The molecule has 0 bridgehead atoms. The molecule has 0 unspecified atom stereocenters. The lowest BCUT2D eigenvalue weighted by molar-refractivity contribution is 0.0941. The lowest BCUT2D eigenvalue weighted by Gasteiger charge is -2.26. The minimum Gasteiger partial charge on any atom is -0.496 e. The summed E-state index contributed by atoms with van der Waals surface area (Å²) in [4.78, 5) is 32.7. The van der Waals surface area contributed by atoms with Gasteiger partial charge in [0.2, 0.25) is 0 Å². The average molecular weight is 435 g/mol. The van der Waals surface area contributed by atoms with Gasteiger partial charge in [-0.2, -0.15) is 0 Å². The molecule has 2 aromatic carbocycles. The summed E-state index contributed by atoms with van der Waals surface area (Å²) in [6.07, 6.45) is 3.93. The molecule has 1 amide bonds. The van der Waals surface area contributed by atoms with E-state index in [9.17, 15) is 9.59 Å². The Balaban J connectivity index is 1.57. The van der Waals surface area contributed by atoms with Gasteiger partial charge < -0.3 is 15.0 Å². The van der Waals surface area contributed by atoms with E-state index in [4.69, 9.17) is 9.72 Å². The van der Waals surface area contributed by atoms with E-state index >= 15 is 0 Å². The zero-order valence-corrected chi connectivity index (χ0v) is 18.9. The van der Waals surface area contributed by atoms with Gasteiger partial charge >= 0.3 is 0 Å². The fourth-order valence-corrected chi connectivity index (χ4v) is 4.36. The smallest absolute Gasteiger partial charge is 0.261 e. The second-order valence-electron chi connectivity index (χ2n) is 8.46. The first-order chi connectivity index (χ1) is 15.5. The second-order valence-corrected chi connectivity index (χ2v) is 8.46. The van der Waals surface area contributed by atoms with Crippen molar-refractivity contribution in [2.24, 2.45) is 0 Å². The zero-order valence-electron chi connectivity index (χ0n) is 18.9. The Morgan fingerprint density at radius 2 is 2.00 bits per heavy atom. The molecule has 2 heterocycles. The number of hydrogen-bond donors (Lipinski definition) is 1. The lowest BCUT2D eigenvalue weighted by Crippen LogP contribution is -2.34. The summed E-state index contributed by atoms with van der Waals surface area (Å²) in [6, 6.07) is 12.9. The summed E-state index contributed by atoms with van der Waals surface area (Å²) in [6.45, 7) is 1.14. The van der Waals surface area contributed by atoms with Crippen molar-refractivity contribution in [3.05, 3.63) is 69.8 Å². The van der Waals surface area contributed by atoms with Crippen molar-refractivity contribution in [3.63, 3.8) is 0 Å². The van der Waals surface area contributed by atoms with Crippen LogP contribution in [-0.4, -0.2) is 48.1 Å². The monoisotopic (exact) mass is 434 g/mol. The minimum atomic E-state index is -0.189. The van der Waals surface area contributed by atoms with Crippen LogP contribution in [0.1, 0.15) is 47.1 Å². The molecule has 0 radical (unpaired) electrons. The summed E-state index contributed by atoms with van der Waals surface area (Å²) < 4.78 is 7.30. The van der Waals surface area contributed by atoms with Gasteiger partial charge in [-0.1, -0.05) is 24.6 Å². The maximum atomic E-state index is 13.0. The number of fused-ring (bicyclic) bond motifs is 2. The van der Waals surface area contributed by atoms with E-state index in [-0.39, 0.29) is 17.5 Å². The summed E-state index contributed by atoms with van der Waals surface area (Å²) in [5.74, 6) is 1.42. The highest BCUT2D eigenvalue weighted by atomic mass is 16.5. The Morgan fingerprint density at radius 1 is 1.19 bits per heavy atom. The highest BCUT2D eigenvalue weighted by molar-refractivity contribution is 5.97. The third-order valence-corrected chi connectivity index (χ3v) is 6.16. The molecule has 1 atom stereocenters. The van der Waals surface area contributed by atoms with Crippen molar-refractivity contribution in [1.29, 1.82) is 0 Å². The molecule has 1 aliphatic rings. The highest BCUT2D eigenvalue weighted by Gasteiger charge is 2.20. The molecule has 1 aliphatic heterocycles. The van der Waals surface area contributed by atoms with Gasteiger partial charge in [0.1, 0.15) is 11.6 Å². The molecule has 0 saturated carbocycles. The van der Waals surface area contributed by atoms with Crippen LogP contribution in [0.3, 0.4) is 0 Å². The van der Waals surface area contributed by atoms with Crippen molar-refractivity contribution >= 4 is 16.8 Å². The molecule has 7 heteroatoms. The molecule has 1 N–H and O–H groups in total. The van der Waals surface area contributed by atoms with Crippen LogP contribution in [0, 0.1) is 0 Å². The topological polar surface area (TPSA) is 76.5 Å². The number of para-hydroxylation sites is 1. The van der Waals surface area contributed by atoms with Gasteiger partial charge in [0, 0.05) is 30.6 Å². The number of nitrogens with zero attached hydrogens (tertiary/aromatic N) is 3. The van der Waals surface area contributed by atoms with Crippen LogP contribution in [-0.2, 0) is 13.0 Å². The number of benzene rings is 2. The molecule has 7 nitrogen and oxygen atoms in total. The Morgan fingerprint density at radius 3 is 2.78 bits per heavy atom. The number of carbonyl (C=O) groups is 1. The standard InChI is InChI=1S/C25H30N4O3/c1-28(2)21(19-9-6-7-10-22(19)32-3)16-26-24(30)17-12-13-18-20(15-17)27-23-11-5-4-8-14-29(23)25(18)31/h6-7,9-10,12-13,15,21H,4-5,8,11,14,16H2,1-3H3,(H,26,30)/t21-/m1/s1. The number of methoxy groups -OCH3 is 1. The first-order valence-electron chi connectivity index (χ1n) is 11.1. The van der Waals surface area contributed by atoms with Gasteiger partial charge in [-0.3, -0.25) is 14.2 Å². The minimum absolute atomic E-state index is 0.0114. The summed E-state index contributed by atoms with van der Waals surface area (Å²) in [5, 5.41) is 3.60. The van der Waals surface area contributed by atoms with Crippen molar-refractivity contribution in [2.75, 3.05) is 27.7 Å². The summed E-state index contributed by atoms with van der Waals surface area (Å²) in [7, 11) is 5.60. The Labute approximate surface area is 188 Å². The molecule has 0 aliphatic carbocycles. The van der Waals surface area contributed by atoms with Gasteiger partial charge in [0.25, 0.3) is 11.5 Å². The van der Waals surface area contributed by atoms with Crippen molar-refractivity contribution in [2.45, 2.75) is 38.3 Å². The number of amides is 1. The highest BCUT2D eigenvalue weighted by Crippen LogP contribution is 2.27. The van der Waals surface area contributed by atoms with Crippen molar-refractivity contribution in [1.82, 2.24) is 19.8 Å². The van der Waals surface area contributed by atoms with Crippen LogP contribution >= 0.6 is 0 Å². The number of carbonyl (C=O) groups excluding carboxylic acids is 1. The fraction of sp³-hybridized carbons (Fsp3) is 0.400. The van der Waals surface area contributed by atoms with Crippen LogP contribution in [0.15, 0.2) is 47.3 Å². The number of rotatable bonds is 6. The molecule has 3 aromatic rings. The van der Waals surface area contributed by atoms with Crippen molar-refractivity contribution in [3.8, 4) is 5.75 Å². The van der Waals surface area contributed by atoms with Crippen LogP contribution in [0.25, 0.3) is 10.9 Å². The predicted octanol–water partition coefficient (Wildman–Crippen LogP) is 3.16. The van der Waals surface area contributed by atoms with Crippen LogP contribution in [0.2, 0.25) is 0 Å². The number of aryl methyl sites for hydroxylation is 1. The third kappa shape index (κ3) is 4.39. The zero-order chi connectivity index (χ0) is 22.7. The first-order valence-corrected chi connectivity index (χ1v) is 11.1. The van der Waals surface area contributed by atoms with Gasteiger partial charge in [-0.05, 0) is 51.2 Å². The molecule has 168 valence electrons. The molecule has 1 aromatic heterocycles. The van der Waals surface area contributed by atoms with Gasteiger partial charge in [-0.15, -0.1) is 0 Å². The third-order valence-electron chi connectivity index (χ3n) is 6.16. The molecule has 0 fully saturated rings. The molecule has 0 spiro atoms. The van der Waals surface area contributed by atoms with Crippen molar-refractivity contribution < 1.29 is 9.53 Å². The number of ether oxygens (including phenoxy) is 1. The quantitative estimate of drug-likeness (QED) is 0.645. The fourth-order valence-electron chi connectivity index (χ4n) is 4.36. The Hall–Kier alpha value is -3.19. The SMILES string of the molecule is COc1ccccc1[C@@H](CNC(=O)c1ccc2c(=O)n3c(nc2c1)CCCCC3)N(C)C. The predicted molar refractivity (Wildman–Crippen MR) is 125 cm³/mol. The van der Waals surface area contributed by atoms with Crippen LogP contribution in [0.5, 0.6) is 5.75 Å². The van der Waals surface area contributed by atoms with E-state index in [0.717, 1.165) is 42.8 Å². The largest absolute Gasteiger partial charge is 0.496 e. The number of likely N-dealkylation sites (N-methyl/N-ethyl adjacent to an activating group) is 1. The molecule has 0 saturated heterocycles. The summed E-state index contributed by atoms with van der Waals surface area (Å²) >= 11 is 0. The maximum Gasteiger partial charge on any atom is 0.261 e. The number of hydrogen-bond acceptors (Lipinski definition) is 5. The Kier molecular flexibility index (Phi) is 6.55. The maximum absolute atomic E-state index is 13.0. The Bertz CT molecular complexity index is 1190. The van der Waals surface area contributed by atoms with E-state index in [0.29, 0.717) is 29.6 Å². The lowest BCUT2D eigenvalue weighted by atomic mass is 10.0. The number of aromatic nitrogens is 2. The second kappa shape index (κ2) is 9.53. The average Bonchev–Trinajstić information content (AvgIpc) is 3.04. The number of nitrogens with one attached hydrogen (secondary N) is 1. The van der Waals surface area contributed by atoms with E-state index in [1.807, 2.05) is 38.4 Å². The van der Waals surface area contributed by atoms with Crippen LogP contribution < -0.4 is 15.6 Å². The summed E-state index contributed by atoms with van der Waals surface area (Å²) in [5.41, 5.74) is 2.09. The van der Waals surface area contributed by atoms with Gasteiger partial charge in [0.15, 0.2) is 0 Å². The molecular weight excluding hydrogens is 404 g/mol. The molecule has 32 heavy (non-hydrogen) atoms. The van der Waals surface area contributed by atoms with Gasteiger partial charge in [-0.25, -0.2) is 4.98 Å². The van der Waals surface area contributed by atoms with E-state index in [2.05, 4.69) is 10.2 Å². The normalized spacial score (nSPS) is 14.6. The van der Waals surface area contributed by atoms with E-state index in [1.54, 1.807) is 29.9 Å².